The lowest BCUT2D eigenvalue weighted by Gasteiger charge is -2.35. The van der Waals surface area contributed by atoms with Crippen molar-refractivity contribution < 1.29 is 22.5 Å². The molecule has 0 bridgehead atoms. The number of piperazine rings is 1. The first-order chi connectivity index (χ1) is 12.6. The Morgan fingerprint density at radius 1 is 1.19 bits per heavy atom. The minimum Gasteiger partial charge on any atom is -0.360 e. The van der Waals surface area contributed by atoms with Crippen LogP contribution in [0.1, 0.15) is 31.7 Å². The molecule has 0 aromatic carbocycles. The fraction of sp³-hybridized carbons (Fsp3) is 0.706. The molecule has 9 nitrogen and oxygen atoms in total. The zero-order valence-electron chi connectivity index (χ0n) is 16.1. The van der Waals surface area contributed by atoms with Crippen LogP contribution < -0.4 is 0 Å². The van der Waals surface area contributed by atoms with Gasteiger partial charge in [0.15, 0.2) is 5.76 Å². The Hall–Kier alpha value is -1.94. The predicted octanol–water partition coefficient (Wildman–Crippen LogP) is 0.381. The SMILES string of the molecule is Cc1noc(C)c1S(=O)(=O)N1CCN(C(=O)C2CC(=O)N(C(C)C)C2)CC1. The van der Waals surface area contributed by atoms with Gasteiger partial charge in [0.2, 0.25) is 21.8 Å². The van der Waals surface area contributed by atoms with Crippen molar-refractivity contribution in [1.82, 2.24) is 19.3 Å². The maximum Gasteiger partial charge on any atom is 0.248 e. The van der Waals surface area contributed by atoms with E-state index >= 15 is 0 Å². The third-order valence-corrected chi connectivity index (χ3v) is 7.39. The molecule has 1 aromatic rings. The molecule has 1 aromatic heterocycles. The number of carbonyl (C=O) groups is 2. The van der Waals surface area contributed by atoms with Gasteiger partial charge in [-0.25, -0.2) is 8.42 Å². The van der Waals surface area contributed by atoms with Crippen LogP contribution in [0.4, 0.5) is 0 Å². The van der Waals surface area contributed by atoms with Crippen LogP contribution in [0.2, 0.25) is 0 Å². The summed E-state index contributed by atoms with van der Waals surface area (Å²) >= 11 is 0. The Morgan fingerprint density at radius 2 is 1.81 bits per heavy atom. The fourth-order valence-corrected chi connectivity index (χ4v) is 5.49. The molecule has 1 unspecified atom stereocenters. The second kappa shape index (κ2) is 7.23. The van der Waals surface area contributed by atoms with Gasteiger partial charge in [-0.3, -0.25) is 9.59 Å². The van der Waals surface area contributed by atoms with Crippen molar-refractivity contribution in [3.8, 4) is 0 Å². The number of likely N-dealkylation sites (tertiary alicyclic amines) is 1. The van der Waals surface area contributed by atoms with Gasteiger partial charge < -0.3 is 14.3 Å². The lowest BCUT2D eigenvalue weighted by molar-refractivity contribution is -0.137. The van der Waals surface area contributed by atoms with Crippen LogP contribution in [0.3, 0.4) is 0 Å². The molecular weight excluding hydrogens is 372 g/mol. The van der Waals surface area contributed by atoms with E-state index in [0.29, 0.717) is 25.3 Å². The highest BCUT2D eigenvalue weighted by atomic mass is 32.2. The maximum atomic E-state index is 12.9. The minimum atomic E-state index is -3.70. The molecule has 0 radical (unpaired) electrons. The van der Waals surface area contributed by atoms with Gasteiger partial charge in [0, 0.05) is 45.2 Å². The second-order valence-corrected chi connectivity index (χ2v) is 9.30. The van der Waals surface area contributed by atoms with Crippen LogP contribution in [0, 0.1) is 19.8 Å². The normalized spacial score (nSPS) is 22.1. The molecule has 1 atom stereocenters. The Labute approximate surface area is 159 Å². The van der Waals surface area contributed by atoms with E-state index in [1.165, 1.54) is 4.31 Å². The lowest BCUT2D eigenvalue weighted by Crippen LogP contribution is -2.52. The number of hydrogen-bond acceptors (Lipinski definition) is 6. The van der Waals surface area contributed by atoms with Crippen LogP contribution in [-0.4, -0.2) is 78.3 Å². The first-order valence-corrected chi connectivity index (χ1v) is 10.6. The Kier molecular flexibility index (Phi) is 5.31. The molecule has 2 saturated heterocycles. The molecule has 2 aliphatic heterocycles. The molecule has 0 N–H and O–H groups in total. The zero-order chi connectivity index (χ0) is 19.9. The summed E-state index contributed by atoms with van der Waals surface area (Å²) in [5.74, 6) is -0.140. The summed E-state index contributed by atoms with van der Waals surface area (Å²) in [6.07, 6.45) is 0.231. The number of nitrogens with zero attached hydrogens (tertiary/aromatic N) is 4. The van der Waals surface area contributed by atoms with Crippen LogP contribution >= 0.6 is 0 Å². The van der Waals surface area contributed by atoms with Gasteiger partial charge in [-0.05, 0) is 27.7 Å². The number of sulfonamides is 1. The molecule has 27 heavy (non-hydrogen) atoms. The summed E-state index contributed by atoms with van der Waals surface area (Å²) in [7, 11) is -3.70. The van der Waals surface area contributed by atoms with E-state index in [1.807, 2.05) is 13.8 Å². The first-order valence-electron chi connectivity index (χ1n) is 9.14. The van der Waals surface area contributed by atoms with Gasteiger partial charge in [0.1, 0.15) is 10.6 Å². The molecule has 10 heteroatoms. The Morgan fingerprint density at radius 3 is 2.30 bits per heavy atom. The molecule has 2 aliphatic rings. The van der Waals surface area contributed by atoms with E-state index < -0.39 is 10.0 Å². The van der Waals surface area contributed by atoms with Crippen LogP contribution in [0.5, 0.6) is 0 Å². The summed E-state index contributed by atoms with van der Waals surface area (Å²) in [4.78, 5) is 28.3. The van der Waals surface area contributed by atoms with Crippen molar-refractivity contribution >= 4 is 21.8 Å². The first kappa shape index (κ1) is 19.8. The third-order valence-electron chi connectivity index (χ3n) is 5.25. The highest BCUT2D eigenvalue weighted by molar-refractivity contribution is 7.89. The summed E-state index contributed by atoms with van der Waals surface area (Å²) in [5.41, 5.74) is 0.337. The van der Waals surface area contributed by atoms with E-state index in [9.17, 15) is 18.0 Å². The van der Waals surface area contributed by atoms with Gasteiger partial charge in [0.25, 0.3) is 0 Å². The van der Waals surface area contributed by atoms with Crippen LogP contribution in [0.25, 0.3) is 0 Å². The summed E-state index contributed by atoms with van der Waals surface area (Å²) < 4.78 is 32.1. The van der Waals surface area contributed by atoms with E-state index in [2.05, 4.69) is 5.16 Å². The van der Waals surface area contributed by atoms with Crippen molar-refractivity contribution in [2.24, 2.45) is 5.92 Å². The van der Waals surface area contributed by atoms with Gasteiger partial charge in [-0.1, -0.05) is 5.16 Å². The topological polar surface area (TPSA) is 104 Å². The van der Waals surface area contributed by atoms with Crippen molar-refractivity contribution in [3.05, 3.63) is 11.5 Å². The number of amides is 2. The Balaban J connectivity index is 1.64. The highest BCUT2D eigenvalue weighted by Gasteiger charge is 2.40. The molecule has 2 amide bonds. The lowest BCUT2D eigenvalue weighted by atomic mass is 10.1. The monoisotopic (exact) mass is 398 g/mol. The Bertz CT molecular complexity index is 820. The minimum absolute atomic E-state index is 0.00275. The van der Waals surface area contributed by atoms with Gasteiger partial charge >= 0.3 is 0 Å². The number of hydrogen-bond donors (Lipinski definition) is 0. The molecule has 2 fully saturated rings. The fourth-order valence-electron chi connectivity index (χ4n) is 3.78. The summed E-state index contributed by atoms with van der Waals surface area (Å²) in [6, 6.07) is 0.0762. The molecule has 0 spiro atoms. The largest absolute Gasteiger partial charge is 0.360 e. The number of rotatable bonds is 4. The second-order valence-electron chi connectivity index (χ2n) is 7.42. The summed E-state index contributed by atoms with van der Waals surface area (Å²) in [6.45, 7) is 8.53. The maximum absolute atomic E-state index is 12.9. The van der Waals surface area contributed by atoms with Crippen molar-refractivity contribution in [1.29, 1.82) is 0 Å². The van der Waals surface area contributed by atoms with Crippen LogP contribution in [-0.2, 0) is 19.6 Å². The number of carbonyl (C=O) groups excluding carboxylic acids is 2. The molecule has 3 rings (SSSR count). The smallest absolute Gasteiger partial charge is 0.248 e. The average Bonchev–Trinajstić information content (AvgIpc) is 3.17. The van der Waals surface area contributed by atoms with Crippen molar-refractivity contribution in [2.45, 2.75) is 45.1 Å². The van der Waals surface area contributed by atoms with Gasteiger partial charge in [-0.15, -0.1) is 0 Å². The van der Waals surface area contributed by atoms with E-state index in [1.54, 1.807) is 23.6 Å². The predicted molar refractivity (Wildman–Crippen MR) is 96.3 cm³/mol. The van der Waals surface area contributed by atoms with Gasteiger partial charge in [-0.2, -0.15) is 4.31 Å². The van der Waals surface area contributed by atoms with Crippen molar-refractivity contribution in [3.63, 3.8) is 0 Å². The number of aromatic nitrogens is 1. The molecule has 150 valence electrons. The average molecular weight is 398 g/mol. The zero-order valence-corrected chi connectivity index (χ0v) is 17.0. The number of aryl methyl sites for hydroxylation is 2. The molecule has 0 saturated carbocycles. The van der Waals surface area contributed by atoms with E-state index in [0.717, 1.165) is 0 Å². The van der Waals surface area contributed by atoms with Crippen molar-refractivity contribution in [2.75, 3.05) is 32.7 Å². The molecule has 0 aliphatic carbocycles. The standard InChI is InChI=1S/C17H26N4O5S/c1-11(2)21-10-14(9-15(21)22)17(23)19-5-7-20(8-6-19)27(24,25)16-12(3)18-26-13(16)4/h11,14H,5-10H2,1-4H3. The molecular formula is C17H26N4O5S. The summed E-state index contributed by atoms with van der Waals surface area (Å²) in [5, 5.41) is 3.72. The molecule has 3 heterocycles. The highest BCUT2D eigenvalue weighted by Crippen LogP contribution is 2.26. The van der Waals surface area contributed by atoms with E-state index in [4.69, 9.17) is 4.52 Å². The van der Waals surface area contributed by atoms with Gasteiger partial charge in [0.05, 0.1) is 5.92 Å². The van der Waals surface area contributed by atoms with Crippen LogP contribution in [0.15, 0.2) is 9.42 Å². The van der Waals surface area contributed by atoms with E-state index in [-0.39, 0.29) is 53.9 Å². The quantitative estimate of drug-likeness (QED) is 0.726. The third kappa shape index (κ3) is 3.60.